The van der Waals surface area contributed by atoms with Crippen molar-refractivity contribution in [3.8, 4) is 0 Å². The van der Waals surface area contributed by atoms with E-state index in [0.717, 1.165) is 11.1 Å². The van der Waals surface area contributed by atoms with Crippen molar-refractivity contribution in [3.05, 3.63) is 70.8 Å². The van der Waals surface area contributed by atoms with E-state index in [1.165, 1.54) is 7.11 Å². The van der Waals surface area contributed by atoms with Crippen LogP contribution in [0.25, 0.3) is 0 Å². The summed E-state index contributed by atoms with van der Waals surface area (Å²) in [6, 6.07) is 7.46. The van der Waals surface area contributed by atoms with Crippen LogP contribution in [0, 0.1) is 5.92 Å². The van der Waals surface area contributed by atoms with Crippen LogP contribution in [-0.2, 0) is 14.3 Å². The molecule has 3 atom stereocenters. The van der Waals surface area contributed by atoms with Gasteiger partial charge >= 0.3 is 5.97 Å². The molecule has 0 N–H and O–H groups in total. The summed E-state index contributed by atoms with van der Waals surface area (Å²) in [7, 11) is 1.36. The minimum atomic E-state index is -0.321. The van der Waals surface area contributed by atoms with Crippen LogP contribution in [0.2, 0.25) is 5.02 Å². The Kier molecular flexibility index (Phi) is 8.98. The van der Waals surface area contributed by atoms with Crippen LogP contribution in [0.5, 0.6) is 0 Å². The van der Waals surface area contributed by atoms with E-state index in [1.807, 2.05) is 38.1 Å². The van der Waals surface area contributed by atoms with Gasteiger partial charge in [0.15, 0.2) is 0 Å². The van der Waals surface area contributed by atoms with E-state index in [0.29, 0.717) is 10.1 Å². The van der Waals surface area contributed by atoms with Crippen molar-refractivity contribution in [2.75, 3.05) is 7.11 Å². The largest absolute Gasteiger partial charge is 0.469 e. The van der Waals surface area contributed by atoms with Gasteiger partial charge in [0.05, 0.1) is 25.7 Å². The van der Waals surface area contributed by atoms with Gasteiger partial charge in [-0.1, -0.05) is 61.5 Å². The second-order valence-corrected chi connectivity index (χ2v) is 6.77. The van der Waals surface area contributed by atoms with E-state index < -0.39 is 0 Å². The van der Waals surface area contributed by atoms with Crippen LogP contribution < -0.4 is 0 Å². The van der Waals surface area contributed by atoms with Crippen molar-refractivity contribution >= 4 is 29.2 Å². The number of hydrogen-bond donors (Lipinski definition) is 0. The Labute approximate surface area is 159 Å². The average Bonchev–Trinajstić information content (AvgIpc) is 2.56. The minimum absolute atomic E-state index is 0.0640. The lowest BCUT2D eigenvalue weighted by molar-refractivity contribution is -0.145. The van der Waals surface area contributed by atoms with E-state index in [-0.39, 0.29) is 30.5 Å². The molecule has 3 nitrogen and oxygen atoms in total. The van der Waals surface area contributed by atoms with Gasteiger partial charge in [-0.05, 0) is 36.3 Å². The SMILES string of the molecule is C=C(Cl)C=CC(=C)C(C)C(OC(C)CC(=O)OC)c1cccc(Cl)c1. The Balaban J connectivity index is 3.04. The first-order chi connectivity index (χ1) is 11.7. The zero-order valence-corrected chi connectivity index (χ0v) is 16.3. The smallest absolute Gasteiger partial charge is 0.308 e. The Bertz CT molecular complexity index is 652. The molecule has 5 heteroatoms. The third kappa shape index (κ3) is 7.47. The van der Waals surface area contributed by atoms with Crippen LogP contribution in [0.1, 0.15) is 31.9 Å². The number of methoxy groups -OCH3 is 1. The first-order valence-electron chi connectivity index (χ1n) is 7.93. The van der Waals surface area contributed by atoms with Gasteiger partial charge in [0.2, 0.25) is 0 Å². The highest BCUT2D eigenvalue weighted by Gasteiger charge is 2.25. The fraction of sp³-hybridized carbons (Fsp3) is 0.350. The predicted molar refractivity (Wildman–Crippen MR) is 104 cm³/mol. The molecule has 0 aliphatic heterocycles. The normalized spacial score (nSPS) is 14.8. The molecule has 0 fully saturated rings. The Morgan fingerprint density at radius 2 is 1.96 bits per heavy atom. The van der Waals surface area contributed by atoms with E-state index >= 15 is 0 Å². The molecular weight excluding hydrogens is 359 g/mol. The van der Waals surface area contributed by atoms with Crippen molar-refractivity contribution in [3.63, 3.8) is 0 Å². The lowest BCUT2D eigenvalue weighted by Gasteiger charge is -2.28. The molecule has 0 aliphatic rings. The van der Waals surface area contributed by atoms with Crippen LogP contribution in [0.15, 0.2) is 60.2 Å². The molecule has 0 saturated heterocycles. The number of esters is 1. The summed E-state index contributed by atoms with van der Waals surface area (Å²) in [4.78, 5) is 11.5. The third-order valence-corrected chi connectivity index (χ3v) is 4.12. The number of carbonyl (C=O) groups is 1. The third-order valence-electron chi connectivity index (χ3n) is 3.76. The molecule has 0 bridgehead atoms. The van der Waals surface area contributed by atoms with E-state index in [4.69, 9.17) is 32.7 Å². The van der Waals surface area contributed by atoms with Gasteiger partial charge in [0.25, 0.3) is 0 Å². The Morgan fingerprint density at radius 1 is 1.28 bits per heavy atom. The van der Waals surface area contributed by atoms with E-state index in [2.05, 4.69) is 13.2 Å². The molecule has 0 aromatic heterocycles. The van der Waals surface area contributed by atoms with Crippen molar-refractivity contribution in [1.82, 2.24) is 0 Å². The number of allylic oxidation sites excluding steroid dienone is 3. The van der Waals surface area contributed by atoms with Gasteiger partial charge in [-0.2, -0.15) is 0 Å². The number of hydrogen-bond acceptors (Lipinski definition) is 3. The lowest BCUT2D eigenvalue weighted by atomic mass is 9.90. The minimum Gasteiger partial charge on any atom is -0.469 e. The van der Waals surface area contributed by atoms with Crippen LogP contribution in [0.4, 0.5) is 0 Å². The number of rotatable bonds is 9. The number of ether oxygens (including phenoxy) is 2. The molecular formula is C20H24Cl2O3. The van der Waals surface area contributed by atoms with Crippen molar-refractivity contribution in [2.24, 2.45) is 5.92 Å². The van der Waals surface area contributed by atoms with Gasteiger partial charge in [0, 0.05) is 16.0 Å². The molecule has 1 rings (SSSR count). The fourth-order valence-corrected chi connectivity index (χ4v) is 2.59. The second kappa shape index (κ2) is 10.4. The molecule has 0 radical (unpaired) electrons. The van der Waals surface area contributed by atoms with Crippen molar-refractivity contribution in [2.45, 2.75) is 32.5 Å². The lowest BCUT2D eigenvalue weighted by Crippen LogP contribution is -2.23. The maximum Gasteiger partial charge on any atom is 0.308 e. The van der Waals surface area contributed by atoms with E-state index in [1.54, 1.807) is 12.1 Å². The summed E-state index contributed by atoms with van der Waals surface area (Å²) >= 11 is 11.9. The molecule has 0 heterocycles. The number of carbonyl (C=O) groups excluding carboxylic acids is 1. The zero-order chi connectivity index (χ0) is 19.0. The predicted octanol–water partition coefficient (Wildman–Crippen LogP) is 5.85. The van der Waals surface area contributed by atoms with Gasteiger partial charge < -0.3 is 9.47 Å². The molecule has 136 valence electrons. The van der Waals surface area contributed by atoms with Gasteiger partial charge in [0.1, 0.15) is 0 Å². The summed E-state index contributed by atoms with van der Waals surface area (Å²) in [5.41, 5.74) is 1.74. The first-order valence-corrected chi connectivity index (χ1v) is 8.69. The summed E-state index contributed by atoms with van der Waals surface area (Å²) in [5, 5.41) is 1.04. The van der Waals surface area contributed by atoms with Crippen LogP contribution in [0.3, 0.4) is 0 Å². The summed E-state index contributed by atoms with van der Waals surface area (Å²) in [6.45, 7) is 11.6. The summed E-state index contributed by atoms with van der Waals surface area (Å²) in [5.74, 6) is -0.381. The molecule has 0 saturated carbocycles. The summed E-state index contributed by atoms with van der Waals surface area (Å²) in [6.07, 6.45) is 3.03. The van der Waals surface area contributed by atoms with Gasteiger partial charge in [-0.25, -0.2) is 0 Å². The first kappa shape index (κ1) is 21.5. The second-order valence-electron chi connectivity index (χ2n) is 5.85. The standard InChI is InChI=1S/C20H24Cl2O3/c1-13(9-10-14(2)21)16(4)20(17-7-6-8-18(22)12-17)25-15(3)11-19(23)24-5/h6-10,12,15-16,20H,1-2,11H2,3-5H3. The number of benzene rings is 1. The highest BCUT2D eigenvalue weighted by atomic mass is 35.5. The van der Waals surface area contributed by atoms with Crippen LogP contribution >= 0.6 is 23.2 Å². The molecule has 1 aromatic carbocycles. The highest BCUT2D eigenvalue weighted by molar-refractivity contribution is 6.31. The zero-order valence-electron chi connectivity index (χ0n) is 14.8. The number of halogens is 2. The maximum atomic E-state index is 11.5. The molecule has 0 amide bonds. The quantitative estimate of drug-likeness (QED) is 0.396. The van der Waals surface area contributed by atoms with E-state index in [9.17, 15) is 4.79 Å². The molecule has 0 aliphatic carbocycles. The molecule has 0 spiro atoms. The van der Waals surface area contributed by atoms with Gasteiger partial charge in [-0.3, -0.25) is 4.79 Å². The monoisotopic (exact) mass is 382 g/mol. The maximum absolute atomic E-state index is 11.5. The van der Waals surface area contributed by atoms with Gasteiger partial charge in [-0.15, -0.1) is 0 Å². The summed E-state index contributed by atoms with van der Waals surface area (Å²) < 4.78 is 10.9. The highest BCUT2D eigenvalue weighted by Crippen LogP contribution is 2.34. The fourth-order valence-electron chi connectivity index (χ4n) is 2.33. The van der Waals surface area contributed by atoms with Crippen LogP contribution in [-0.4, -0.2) is 19.2 Å². The Hall–Kier alpha value is -1.55. The molecule has 25 heavy (non-hydrogen) atoms. The average molecular weight is 383 g/mol. The topological polar surface area (TPSA) is 35.5 Å². The Morgan fingerprint density at radius 3 is 2.52 bits per heavy atom. The molecule has 3 unspecified atom stereocenters. The van der Waals surface area contributed by atoms with Crippen molar-refractivity contribution in [1.29, 1.82) is 0 Å². The molecule has 1 aromatic rings. The van der Waals surface area contributed by atoms with Crippen molar-refractivity contribution < 1.29 is 14.3 Å².